The molecule has 1 aliphatic carbocycles. The first-order valence-corrected chi connectivity index (χ1v) is 8.21. The Morgan fingerprint density at radius 1 is 1.26 bits per heavy atom. The first-order valence-electron chi connectivity index (χ1n) is 7.21. The molecule has 0 saturated heterocycles. The fourth-order valence-electron chi connectivity index (χ4n) is 2.73. The van der Waals surface area contributed by atoms with Crippen molar-refractivity contribution in [1.82, 2.24) is 0 Å². The van der Waals surface area contributed by atoms with Crippen LogP contribution in [0.3, 0.4) is 0 Å². The summed E-state index contributed by atoms with van der Waals surface area (Å²) in [5.41, 5.74) is 5.63. The molecule has 1 fully saturated rings. The Kier molecular flexibility index (Phi) is 7.29. The summed E-state index contributed by atoms with van der Waals surface area (Å²) in [6.07, 6.45) is 5.70. The zero-order valence-corrected chi connectivity index (χ0v) is 13.7. The molecule has 0 spiro atoms. The van der Waals surface area contributed by atoms with E-state index in [1.807, 2.05) is 0 Å². The fourth-order valence-corrected chi connectivity index (χ4v) is 3.15. The van der Waals surface area contributed by atoms with Gasteiger partial charge in [-0.25, -0.2) is 0 Å². The minimum atomic E-state index is -1.36. The summed E-state index contributed by atoms with van der Waals surface area (Å²) in [6, 6.07) is 0. The molecular formula is C13H24NNaO4. The quantitative estimate of drug-likeness (QED) is 0.505. The summed E-state index contributed by atoms with van der Waals surface area (Å²) < 4.78 is -1.36. The third-order valence-electron chi connectivity index (χ3n) is 4.16. The van der Waals surface area contributed by atoms with Crippen LogP contribution in [0.4, 0.5) is 0 Å². The van der Waals surface area contributed by atoms with Gasteiger partial charge in [-0.3, -0.25) is 0 Å². The topological polar surface area (TPSA) is 104 Å². The number of aliphatic hydroxyl groups excluding tert-OH is 2. The van der Waals surface area contributed by atoms with Gasteiger partial charge in [0, 0.05) is 0 Å². The second-order valence-electron chi connectivity index (χ2n) is 6.14. The molecule has 3 unspecified atom stereocenters. The zero-order valence-electron chi connectivity index (χ0n) is 11.7. The summed E-state index contributed by atoms with van der Waals surface area (Å²) in [4.78, 5) is 10.9. The maximum absolute atomic E-state index is 10.9. The predicted molar refractivity (Wildman–Crippen MR) is 72.7 cm³/mol. The number of hydrogen-bond acceptors (Lipinski definition) is 4. The molecule has 0 aromatic carbocycles. The molecular weight excluding hydrogens is 257 g/mol. The Morgan fingerprint density at radius 3 is 2.37 bits per heavy atom. The van der Waals surface area contributed by atoms with Gasteiger partial charge in [0.15, 0.2) is 0 Å². The number of aliphatic hydroxyl groups is 2. The molecule has 0 aromatic heterocycles. The van der Waals surface area contributed by atoms with Crippen molar-refractivity contribution in [2.45, 2.75) is 66.4 Å². The van der Waals surface area contributed by atoms with Crippen LogP contribution in [0.15, 0.2) is 0 Å². The monoisotopic (exact) mass is 281 g/mol. The Morgan fingerprint density at radius 2 is 1.84 bits per heavy atom. The van der Waals surface area contributed by atoms with E-state index in [0.717, 1.165) is 6.42 Å². The van der Waals surface area contributed by atoms with Gasteiger partial charge in [0.2, 0.25) is 0 Å². The normalized spacial score (nSPS) is 23.6. The molecule has 0 bridgehead atoms. The number of carbonyl (C=O) groups is 1. The number of rotatable bonds is 7. The van der Waals surface area contributed by atoms with E-state index in [1.54, 1.807) is 0 Å². The van der Waals surface area contributed by atoms with Crippen molar-refractivity contribution < 1.29 is 20.1 Å². The molecule has 0 amide bonds. The predicted octanol–water partition coefficient (Wildman–Crippen LogP) is 0.367. The summed E-state index contributed by atoms with van der Waals surface area (Å²) in [5, 5.41) is 28.7. The fraction of sp³-hybridized carbons (Fsp3) is 0.923. The van der Waals surface area contributed by atoms with Crippen LogP contribution in [0.25, 0.3) is 0 Å². The molecule has 1 aliphatic rings. The van der Waals surface area contributed by atoms with Gasteiger partial charge in [0.1, 0.15) is 0 Å². The molecule has 0 radical (unpaired) electrons. The van der Waals surface area contributed by atoms with Crippen LogP contribution in [0.2, 0.25) is 0 Å². The molecule has 1 saturated carbocycles. The SMILES string of the molecule is N[C]([Na])(CC(O)C(O)CCC1CCCCC1)C(=O)O. The Balaban J connectivity index is 2.31. The molecule has 1 rings (SSSR count). The van der Waals surface area contributed by atoms with Gasteiger partial charge in [-0.1, -0.05) is 0 Å². The van der Waals surface area contributed by atoms with Crippen molar-refractivity contribution in [3.05, 3.63) is 0 Å². The molecule has 3 atom stereocenters. The van der Waals surface area contributed by atoms with Crippen molar-refractivity contribution in [2.75, 3.05) is 0 Å². The maximum atomic E-state index is 10.9. The number of nitrogens with two attached hydrogens (primary N) is 1. The summed E-state index contributed by atoms with van der Waals surface area (Å²) in [7, 11) is 0. The van der Waals surface area contributed by atoms with Crippen LogP contribution in [-0.2, 0) is 4.79 Å². The van der Waals surface area contributed by atoms with E-state index in [-0.39, 0.29) is 34.4 Å². The Hall–Kier alpha value is 0.350. The van der Waals surface area contributed by atoms with Crippen LogP contribution in [0.5, 0.6) is 0 Å². The number of carboxylic acid groups (broad SMARTS) is 1. The van der Waals surface area contributed by atoms with Gasteiger partial charge >= 0.3 is 132 Å². The first kappa shape index (κ1) is 17.4. The molecule has 19 heavy (non-hydrogen) atoms. The van der Waals surface area contributed by atoms with Crippen LogP contribution < -0.4 is 5.73 Å². The average molecular weight is 281 g/mol. The van der Waals surface area contributed by atoms with Crippen molar-refractivity contribution in [1.29, 1.82) is 0 Å². The average Bonchev–Trinajstić information content (AvgIpc) is 2.36. The van der Waals surface area contributed by atoms with E-state index < -0.39 is 21.0 Å². The Labute approximate surface area is 132 Å². The van der Waals surface area contributed by atoms with E-state index in [9.17, 15) is 15.0 Å². The number of hydrogen-bond donors (Lipinski definition) is 4. The van der Waals surface area contributed by atoms with Crippen molar-refractivity contribution in [3.8, 4) is 0 Å². The van der Waals surface area contributed by atoms with Gasteiger partial charge in [0.25, 0.3) is 0 Å². The third-order valence-corrected chi connectivity index (χ3v) is 5.00. The van der Waals surface area contributed by atoms with E-state index in [2.05, 4.69) is 0 Å². The van der Waals surface area contributed by atoms with E-state index in [1.165, 1.54) is 32.1 Å². The molecule has 106 valence electrons. The van der Waals surface area contributed by atoms with Crippen LogP contribution in [-0.4, -0.2) is 64.2 Å². The molecule has 0 aromatic rings. The van der Waals surface area contributed by atoms with E-state index in [4.69, 9.17) is 10.8 Å². The van der Waals surface area contributed by atoms with Gasteiger partial charge in [-0.2, -0.15) is 0 Å². The second kappa shape index (κ2) is 7.96. The molecule has 0 heterocycles. The number of carboxylic acids is 1. The van der Waals surface area contributed by atoms with Gasteiger partial charge in [0.05, 0.1) is 0 Å². The van der Waals surface area contributed by atoms with E-state index in [0.29, 0.717) is 12.3 Å². The van der Waals surface area contributed by atoms with Gasteiger partial charge in [-0.05, 0) is 0 Å². The zero-order chi connectivity index (χ0) is 14.5. The van der Waals surface area contributed by atoms with Crippen LogP contribution >= 0.6 is 0 Å². The summed E-state index contributed by atoms with van der Waals surface area (Å²) in [5.74, 6) is -0.452. The third kappa shape index (κ3) is 6.10. The Bertz CT molecular complexity index is 292. The molecule has 5 N–H and O–H groups in total. The van der Waals surface area contributed by atoms with Crippen LogP contribution in [0.1, 0.15) is 51.4 Å². The standard InChI is InChI=1S/C13H24NO4.Na/c14-10(13(17)18)8-12(16)11(15)7-6-9-4-2-1-3-5-9;/h9,11-12,15-16H,1-8,14H2,(H,17,18);. The van der Waals surface area contributed by atoms with Crippen molar-refractivity contribution in [3.63, 3.8) is 0 Å². The van der Waals surface area contributed by atoms with Crippen molar-refractivity contribution >= 4 is 33.9 Å². The van der Waals surface area contributed by atoms with E-state index >= 15 is 0 Å². The molecule has 6 heteroatoms. The number of aliphatic carboxylic acids is 1. The van der Waals surface area contributed by atoms with Gasteiger partial charge < -0.3 is 0 Å². The second-order valence-corrected chi connectivity index (χ2v) is 7.93. The summed E-state index contributed by atoms with van der Waals surface area (Å²) in [6.45, 7) is 0. The summed E-state index contributed by atoms with van der Waals surface area (Å²) >= 11 is 0.245. The first-order chi connectivity index (χ1) is 8.83. The molecule has 5 nitrogen and oxygen atoms in total. The molecule has 0 aliphatic heterocycles. The van der Waals surface area contributed by atoms with Gasteiger partial charge in [-0.15, -0.1) is 0 Å². The van der Waals surface area contributed by atoms with Crippen LogP contribution in [0, 0.1) is 5.92 Å². The van der Waals surface area contributed by atoms with Crippen molar-refractivity contribution in [2.24, 2.45) is 11.7 Å². The minimum absolute atomic E-state index is 0.0691.